The Hall–Kier alpha value is -2.32. The summed E-state index contributed by atoms with van der Waals surface area (Å²) in [6, 6.07) is 1.50. The molecule has 0 amide bonds. The molecule has 1 aromatic rings. The summed E-state index contributed by atoms with van der Waals surface area (Å²) in [6.45, 7) is 0.539. The molecule has 1 heterocycles. The SMILES string of the molecule is Nc1nccc(NCCCCO[N+](=O)[O-])[n+]1[O-]. The van der Waals surface area contributed by atoms with Crippen molar-refractivity contribution in [3.63, 3.8) is 0 Å². The molecule has 9 heteroatoms. The summed E-state index contributed by atoms with van der Waals surface area (Å²) in [5.41, 5.74) is 5.31. The molecule has 0 spiro atoms. The van der Waals surface area contributed by atoms with Gasteiger partial charge in [0, 0.05) is 12.6 Å². The van der Waals surface area contributed by atoms with Gasteiger partial charge in [-0.1, -0.05) is 0 Å². The van der Waals surface area contributed by atoms with Crippen LogP contribution < -0.4 is 15.8 Å². The first-order valence-electron chi connectivity index (χ1n) is 4.96. The number of aromatic nitrogens is 2. The van der Waals surface area contributed by atoms with Crippen molar-refractivity contribution in [2.24, 2.45) is 0 Å². The van der Waals surface area contributed by atoms with Gasteiger partial charge in [0.05, 0.1) is 12.8 Å². The highest BCUT2D eigenvalue weighted by Gasteiger charge is 2.03. The molecular formula is C8H13N5O4. The van der Waals surface area contributed by atoms with Crippen molar-refractivity contribution in [3.05, 3.63) is 27.6 Å². The Labute approximate surface area is 96.9 Å². The van der Waals surface area contributed by atoms with E-state index in [4.69, 9.17) is 5.73 Å². The van der Waals surface area contributed by atoms with E-state index in [1.54, 1.807) is 0 Å². The fraction of sp³-hybridized carbons (Fsp3) is 0.500. The van der Waals surface area contributed by atoms with Crippen LogP contribution in [0.15, 0.2) is 12.3 Å². The molecule has 1 aromatic heterocycles. The number of nitrogens with zero attached hydrogens (tertiary/aromatic N) is 3. The van der Waals surface area contributed by atoms with Crippen molar-refractivity contribution in [2.75, 3.05) is 24.2 Å². The number of anilines is 2. The van der Waals surface area contributed by atoms with Gasteiger partial charge in [-0.25, -0.2) is 4.73 Å². The molecule has 17 heavy (non-hydrogen) atoms. The van der Waals surface area contributed by atoms with Crippen LogP contribution in [0.3, 0.4) is 0 Å². The maximum absolute atomic E-state index is 11.3. The third kappa shape index (κ3) is 4.36. The molecule has 0 atom stereocenters. The molecule has 94 valence electrons. The molecule has 0 fully saturated rings. The molecule has 0 aliphatic carbocycles. The second-order valence-electron chi connectivity index (χ2n) is 3.17. The first-order valence-corrected chi connectivity index (χ1v) is 4.96. The van der Waals surface area contributed by atoms with Crippen LogP contribution in [-0.4, -0.2) is 23.2 Å². The van der Waals surface area contributed by atoms with E-state index < -0.39 is 5.09 Å². The fourth-order valence-corrected chi connectivity index (χ4v) is 1.14. The van der Waals surface area contributed by atoms with Gasteiger partial charge in [0.25, 0.3) is 5.09 Å². The normalized spacial score (nSPS) is 9.88. The maximum Gasteiger partial charge on any atom is 0.343 e. The highest BCUT2D eigenvalue weighted by Crippen LogP contribution is 2.00. The number of unbranched alkanes of at least 4 members (excludes halogenated alkanes) is 1. The Kier molecular flexibility index (Phi) is 4.73. The number of nitrogen functional groups attached to an aromatic ring is 1. The van der Waals surface area contributed by atoms with Gasteiger partial charge in [-0.05, 0) is 12.8 Å². The minimum Gasteiger partial charge on any atom is -0.754 e. The Balaban J connectivity index is 2.22. The van der Waals surface area contributed by atoms with Crippen LogP contribution in [0.25, 0.3) is 0 Å². The summed E-state index contributed by atoms with van der Waals surface area (Å²) in [6.07, 6.45) is 2.57. The first kappa shape index (κ1) is 12.7. The van der Waals surface area contributed by atoms with Crippen molar-refractivity contribution in [2.45, 2.75) is 12.8 Å². The summed E-state index contributed by atoms with van der Waals surface area (Å²) in [7, 11) is 0. The Bertz CT molecular complexity index is 386. The lowest BCUT2D eigenvalue weighted by Gasteiger charge is -2.12. The molecule has 1 rings (SSSR count). The monoisotopic (exact) mass is 243 g/mol. The van der Waals surface area contributed by atoms with Gasteiger partial charge < -0.3 is 21.1 Å². The van der Waals surface area contributed by atoms with E-state index in [0.29, 0.717) is 29.9 Å². The lowest BCUT2D eigenvalue weighted by Crippen LogP contribution is -2.35. The van der Waals surface area contributed by atoms with Crippen LogP contribution >= 0.6 is 0 Å². The van der Waals surface area contributed by atoms with E-state index in [1.165, 1.54) is 12.3 Å². The smallest absolute Gasteiger partial charge is 0.343 e. The third-order valence-corrected chi connectivity index (χ3v) is 1.94. The quantitative estimate of drug-likeness (QED) is 0.221. The molecule has 0 radical (unpaired) electrons. The zero-order valence-corrected chi connectivity index (χ0v) is 9.04. The molecule has 0 aromatic carbocycles. The minimum absolute atomic E-state index is 0.0462. The summed E-state index contributed by atoms with van der Waals surface area (Å²) in [5.74, 6) is 0.166. The first-order chi connectivity index (χ1) is 8.11. The molecule has 0 bridgehead atoms. The standard InChI is InChI=1S/C8H13N5O4/c9-8-11-5-3-7(12(8)14)10-4-1-2-6-17-13(15)16/h3,5,10H,1-2,4,6H2,(H2,9,11). The van der Waals surface area contributed by atoms with Gasteiger partial charge in [0.2, 0.25) is 0 Å². The van der Waals surface area contributed by atoms with E-state index in [-0.39, 0.29) is 12.6 Å². The summed E-state index contributed by atoms with van der Waals surface area (Å²) < 4.78 is 0.480. The predicted molar refractivity (Wildman–Crippen MR) is 58.3 cm³/mol. The van der Waals surface area contributed by atoms with Gasteiger partial charge in [-0.2, -0.15) is 0 Å². The Morgan fingerprint density at radius 3 is 3.06 bits per heavy atom. The van der Waals surface area contributed by atoms with Gasteiger partial charge in [0.15, 0.2) is 5.82 Å². The second kappa shape index (κ2) is 6.30. The van der Waals surface area contributed by atoms with Crippen molar-refractivity contribution < 1.29 is 14.7 Å². The van der Waals surface area contributed by atoms with Crippen LogP contribution in [0.1, 0.15) is 12.8 Å². The molecule has 0 aliphatic heterocycles. The van der Waals surface area contributed by atoms with Crippen molar-refractivity contribution in [1.82, 2.24) is 4.98 Å². The van der Waals surface area contributed by atoms with Gasteiger partial charge >= 0.3 is 5.95 Å². The van der Waals surface area contributed by atoms with E-state index in [0.717, 1.165) is 0 Å². The zero-order valence-electron chi connectivity index (χ0n) is 9.04. The molecule has 9 nitrogen and oxygen atoms in total. The molecule has 0 saturated carbocycles. The average molecular weight is 243 g/mol. The highest BCUT2D eigenvalue weighted by molar-refractivity contribution is 5.29. The van der Waals surface area contributed by atoms with Crippen molar-refractivity contribution >= 4 is 11.8 Å². The van der Waals surface area contributed by atoms with Crippen LogP contribution in [-0.2, 0) is 4.84 Å². The van der Waals surface area contributed by atoms with Crippen LogP contribution in [0.2, 0.25) is 0 Å². The summed E-state index contributed by atoms with van der Waals surface area (Å²) >= 11 is 0. The fourth-order valence-electron chi connectivity index (χ4n) is 1.14. The number of hydrogen-bond acceptors (Lipinski definition) is 7. The Morgan fingerprint density at radius 2 is 2.35 bits per heavy atom. The topological polar surface area (TPSA) is 130 Å². The van der Waals surface area contributed by atoms with Gasteiger partial charge in [-0.15, -0.1) is 15.1 Å². The second-order valence-corrected chi connectivity index (χ2v) is 3.17. The van der Waals surface area contributed by atoms with E-state index in [1.807, 2.05) is 0 Å². The molecule has 3 N–H and O–H groups in total. The maximum atomic E-state index is 11.3. The number of nitrogens with two attached hydrogens (primary N) is 1. The average Bonchev–Trinajstić information content (AvgIpc) is 2.28. The lowest BCUT2D eigenvalue weighted by atomic mass is 10.3. The van der Waals surface area contributed by atoms with Crippen LogP contribution in [0.5, 0.6) is 0 Å². The van der Waals surface area contributed by atoms with Crippen molar-refractivity contribution in [1.29, 1.82) is 0 Å². The van der Waals surface area contributed by atoms with Crippen LogP contribution in [0, 0.1) is 15.3 Å². The molecule has 0 saturated heterocycles. The minimum atomic E-state index is -0.831. The Morgan fingerprint density at radius 1 is 1.59 bits per heavy atom. The van der Waals surface area contributed by atoms with E-state index >= 15 is 0 Å². The highest BCUT2D eigenvalue weighted by atomic mass is 16.9. The number of rotatable bonds is 7. The summed E-state index contributed by atoms with van der Waals surface area (Å²) in [5, 5.41) is 23.2. The zero-order chi connectivity index (χ0) is 12.7. The number of nitrogens with one attached hydrogen (secondary N) is 1. The van der Waals surface area contributed by atoms with E-state index in [9.17, 15) is 15.3 Å². The molecule has 0 aliphatic rings. The third-order valence-electron chi connectivity index (χ3n) is 1.94. The van der Waals surface area contributed by atoms with Gasteiger partial charge in [-0.3, -0.25) is 0 Å². The van der Waals surface area contributed by atoms with Crippen molar-refractivity contribution in [3.8, 4) is 0 Å². The van der Waals surface area contributed by atoms with Crippen LogP contribution in [0.4, 0.5) is 11.8 Å². The van der Waals surface area contributed by atoms with Gasteiger partial charge in [0.1, 0.15) is 0 Å². The number of hydrogen-bond donors (Lipinski definition) is 2. The summed E-state index contributed by atoms with van der Waals surface area (Å²) in [4.78, 5) is 17.6. The molecular weight excluding hydrogens is 230 g/mol. The largest absolute Gasteiger partial charge is 0.754 e. The van der Waals surface area contributed by atoms with E-state index in [2.05, 4.69) is 15.1 Å². The predicted octanol–water partition coefficient (Wildman–Crippen LogP) is -0.302. The molecule has 0 unspecified atom stereocenters. The lowest BCUT2D eigenvalue weighted by molar-refractivity contribution is -0.757.